The first-order chi connectivity index (χ1) is 17.4. The summed E-state index contributed by atoms with van der Waals surface area (Å²) in [4.78, 5) is 51.4. The molecule has 4 amide bonds. The number of amides is 4. The molecule has 36 heavy (non-hydrogen) atoms. The molecule has 1 aliphatic heterocycles. The second-order valence-corrected chi connectivity index (χ2v) is 8.14. The molecule has 0 unspecified atom stereocenters. The zero-order valence-electron chi connectivity index (χ0n) is 18.9. The van der Waals surface area contributed by atoms with Gasteiger partial charge in [0, 0.05) is 45.0 Å². The van der Waals surface area contributed by atoms with Gasteiger partial charge < -0.3 is 21.3 Å². The first-order valence-corrected chi connectivity index (χ1v) is 11.1. The van der Waals surface area contributed by atoms with Gasteiger partial charge in [0.15, 0.2) is 0 Å². The van der Waals surface area contributed by atoms with Gasteiger partial charge in [0.25, 0.3) is 23.6 Å². The Hall–Kier alpha value is -5.24. The number of rotatable bonds is 0. The Morgan fingerprint density at radius 2 is 0.583 bits per heavy atom. The molecule has 1 aliphatic rings. The van der Waals surface area contributed by atoms with E-state index in [1.165, 1.54) is 12.1 Å². The monoisotopic (exact) mass is 476 g/mol. The Morgan fingerprint density at radius 1 is 0.333 bits per heavy atom. The van der Waals surface area contributed by atoms with Crippen molar-refractivity contribution in [2.24, 2.45) is 0 Å². The van der Waals surface area contributed by atoms with Crippen LogP contribution in [0.1, 0.15) is 41.4 Å². The molecule has 4 aromatic carbocycles. The number of anilines is 4. The Bertz CT molecular complexity index is 1320. The van der Waals surface area contributed by atoms with Crippen molar-refractivity contribution >= 4 is 46.4 Å². The fraction of sp³-hybridized carbons (Fsp3) is 0. The van der Waals surface area contributed by atoms with Gasteiger partial charge in [-0.05, 0) is 72.8 Å². The number of hydrogen-bond donors (Lipinski definition) is 4. The van der Waals surface area contributed by atoms with Crippen molar-refractivity contribution in [3.8, 4) is 0 Å². The van der Waals surface area contributed by atoms with Crippen molar-refractivity contribution in [2.75, 3.05) is 21.3 Å². The lowest BCUT2D eigenvalue weighted by Crippen LogP contribution is -2.17. The third-order valence-corrected chi connectivity index (χ3v) is 5.53. The molecule has 0 aliphatic carbocycles. The molecule has 8 bridgehead atoms. The standard InChI is InChI=1S/C28H20N4O4/c33-25-17-5-1-6-18(13-17)26(34)30-22-10-4-12-24(16-22)32-28(36)20-8-2-7-19(14-20)27(35)31-23-11-3-9-21(15-23)29-25/h1-16H,(H,29,33)(H,30,34)(H,31,35)(H,32,36). The van der Waals surface area contributed by atoms with Crippen LogP contribution in [0.3, 0.4) is 0 Å². The average molecular weight is 476 g/mol. The molecule has 4 N–H and O–H groups in total. The molecule has 0 spiro atoms. The molecule has 0 fully saturated rings. The lowest BCUT2D eigenvalue weighted by Gasteiger charge is -2.12. The summed E-state index contributed by atoms with van der Waals surface area (Å²) in [5.74, 6) is -1.61. The molecule has 0 saturated heterocycles. The van der Waals surface area contributed by atoms with Gasteiger partial charge in [0.05, 0.1) is 0 Å². The van der Waals surface area contributed by atoms with E-state index in [1.54, 1.807) is 84.9 Å². The van der Waals surface area contributed by atoms with Gasteiger partial charge in [-0.3, -0.25) is 19.2 Å². The smallest absolute Gasteiger partial charge is 0.255 e. The zero-order chi connectivity index (χ0) is 25.1. The van der Waals surface area contributed by atoms with Crippen LogP contribution in [0.2, 0.25) is 0 Å². The van der Waals surface area contributed by atoms with Gasteiger partial charge in [-0.25, -0.2) is 0 Å². The van der Waals surface area contributed by atoms with Gasteiger partial charge in [-0.2, -0.15) is 0 Å². The second-order valence-electron chi connectivity index (χ2n) is 8.14. The molecule has 4 aromatic rings. The van der Waals surface area contributed by atoms with E-state index in [0.29, 0.717) is 45.0 Å². The molecular weight excluding hydrogens is 456 g/mol. The van der Waals surface area contributed by atoms with Crippen LogP contribution in [0.5, 0.6) is 0 Å². The largest absolute Gasteiger partial charge is 0.322 e. The fourth-order valence-corrected chi connectivity index (χ4v) is 3.77. The lowest BCUT2D eigenvalue weighted by atomic mass is 10.1. The number of carbonyl (C=O) groups excluding carboxylic acids is 4. The topological polar surface area (TPSA) is 116 Å². The molecule has 176 valence electrons. The Labute approximate surface area is 206 Å². The number of benzene rings is 4. The van der Waals surface area contributed by atoms with Gasteiger partial charge in [0.1, 0.15) is 0 Å². The van der Waals surface area contributed by atoms with Crippen LogP contribution < -0.4 is 21.3 Å². The van der Waals surface area contributed by atoms with E-state index in [2.05, 4.69) is 21.3 Å². The fourth-order valence-electron chi connectivity index (χ4n) is 3.77. The summed E-state index contributed by atoms with van der Waals surface area (Å²) in [5.41, 5.74) is 3.04. The van der Waals surface area contributed by atoms with Gasteiger partial charge in [0.2, 0.25) is 0 Å². The highest BCUT2D eigenvalue weighted by atomic mass is 16.2. The third-order valence-electron chi connectivity index (χ3n) is 5.53. The van der Waals surface area contributed by atoms with E-state index in [-0.39, 0.29) is 0 Å². The quantitative estimate of drug-likeness (QED) is 0.285. The van der Waals surface area contributed by atoms with Crippen LogP contribution >= 0.6 is 0 Å². The first-order valence-electron chi connectivity index (χ1n) is 11.1. The summed E-state index contributed by atoms with van der Waals surface area (Å²) in [6.07, 6.45) is 0. The van der Waals surface area contributed by atoms with Crippen molar-refractivity contribution in [1.82, 2.24) is 0 Å². The highest BCUT2D eigenvalue weighted by Crippen LogP contribution is 2.20. The summed E-state index contributed by atoms with van der Waals surface area (Å²) in [6, 6.07) is 26.0. The second kappa shape index (κ2) is 9.55. The van der Waals surface area contributed by atoms with E-state index >= 15 is 0 Å². The van der Waals surface area contributed by atoms with Crippen molar-refractivity contribution in [3.05, 3.63) is 119 Å². The van der Waals surface area contributed by atoms with Crippen LogP contribution in [-0.4, -0.2) is 23.6 Å². The van der Waals surface area contributed by atoms with Crippen LogP contribution in [-0.2, 0) is 0 Å². The SMILES string of the molecule is O=C1Nc2cccc(c2)NC(=O)c2cccc(c2)C(=O)Nc2cccc(c2)NC(=O)c2cccc1c2. The lowest BCUT2D eigenvalue weighted by molar-refractivity contribution is 0.101. The van der Waals surface area contributed by atoms with E-state index < -0.39 is 23.6 Å². The molecular formula is C28H20N4O4. The average Bonchev–Trinajstić information content (AvgIpc) is 2.89. The number of nitrogens with one attached hydrogen (secondary N) is 4. The minimum absolute atomic E-state index is 0.296. The predicted molar refractivity (Wildman–Crippen MR) is 138 cm³/mol. The predicted octanol–water partition coefficient (Wildman–Crippen LogP) is 5.01. The highest BCUT2D eigenvalue weighted by molar-refractivity contribution is 6.11. The van der Waals surface area contributed by atoms with Gasteiger partial charge in [-0.15, -0.1) is 0 Å². The molecule has 8 nitrogen and oxygen atoms in total. The Kier molecular flexibility index (Phi) is 5.98. The third kappa shape index (κ3) is 4.97. The minimum atomic E-state index is -0.403. The summed E-state index contributed by atoms with van der Waals surface area (Å²) < 4.78 is 0. The van der Waals surface area contributed by atoms with Crippen molar-refractivity contribution in [3.63, 3.8) is 0 Å². The number of fused-ring (bicyclic) bond motifs is 8. The Morgan fingerprint density at radius 3 is 0.861 bits per heavy atom. The maximum absolute atomic E-state index is 12.9. The molecule has 8 heteroatoms. The van der Waals surface area contributed by atoms with E-state index in [1.807, 2.05) is 0 Å². The van der Waals surface area contributed by atoms with Crippen LogP contribution in [0.15, 0.2) is 97.1 Å². The van der Waals surface area contributed by atoms with Crippen LogP contribution in [0.25, 0.3) is 0 Å². The Balaban J connectivity index is 1.54. The zero-order valence-corrected chi connectivity index (χ0v) is 18.9. The van der Waals surface area contributed by atoms with Crippen molar-refractivity contribution in [1.29, 1.82) is 0 Å². The van der Waals surface area contributed by atoms with Gasteiger partial charge >= 0.3 is 0 Å². The summed E-state index contributed by atoms with van der Waals surface area (Å²) in [5, 5.41) is 11.1. The van der Waals surface area contributed by atoms with E-state index in [9.17, 15) is 19.2 Å². The number of carbonyl (C=O) groups is 4. The summed E-state index contributed by atoms with van der Waals surface area (Å²) in [6.45, 7) is 0. The maximum Gasteiger partial charge on any atom is 0.255 e. The molecule has 5 rings (SSSR count). The maximum atomic E-state index is 12.9. The first kappa shape index (κ1) is 22.5. The molecule has 0 aromatic heterocycles. The highest BCUT2D eigenvalue weighted by Gasteiger charge is 2.15. The van der Waals surface area contributed by atoms with Crippen molar-refractivity contribution in [2.45, 2.75) is 0 Å². The molecule has 1 heterocycles. The summed E-state index contributed by atoms with van der Waals surface area (Å²) in [7, 11) is 0. The van der Waals surface area contributed by atoms with E-state index in [4.69, 9.17) is 0 Å². The molecule has 0 saturated carbocycles. The van der Waals surface area contributed by atoms with E-state index in [0.717, 1.165) is 0 Å². The van der Waals surface area contributed by atoms with Crippen LogP contribution in [0.4, 0.5) is 22.7 Å². The van der Waals surface area contributed by atoms with Gasteiger partial charge in [-0.1, -0.05) is 24.3 Å². The molecule has 0 atom stereocenters. The van der Waals surface area contributed by atoms with Crippen LogP contribution in [0, 0.1) is 0 Å². The normalized spacial score (nSPS) is 13.6. The van der Waals surface area contributed by atoms with Crippen molar-refractivity contribution < 1.29 is 19.2 Å². The molecule has 0 radical (unpaired) electrons. The minimum Gasteiger partial charge on any atom is -0.322 e. The number of hydrogen-bond acceptors (Lipinski definition) is 4. The summed E-state index contributed by atoms with van der Waals surface area (Å²) >= 11 is 0.